The molecule has 0 aliphatic heterocycles. The molecule has 3 rings (SSSR count). The predicted octanol–water partition coefficient (Wildman–Crippen LogP) is 4.06. The topological polar surface area (TPSA) is 30.7 Å². The number of hydrogen-bond donors (Lipinski definition) is 0. The third-order valence-electron chi connectivity index (χ3n) is 3.49. The molecule has 2 aromatic heterocycles. The highest BCUT2D eigenvalue weighted by Gasteiger charge is 2.21. The summed E-state index contributed by atoms with van der Waals surface area (Å²) < 4.78 is 29.4. The minimum atomic E-state index is -0.910. The lowest BCUT2D eigenvalue weighted by atomic mass is 10.1. The van der Waals surface area contributed by atoms with Gasteiger partial charge in [0.25, 0.3) is 0 Å². The van der Waals surface area contributed by atoms with Crippen molar-refractivity contribution in [1.82, 2.24) is 14.5 Å². The normalized spacial score (nSPS) is 12.8. The molecule has 0 radical (unpaired) electrons. The number of pyridine rings is 1. The summed E-state index contributed by atoms with van der Waals surface area (Å²) in [6.07, 6.45) is 3.34. The standard InChI is InChI=1S/C15H12ClF2N3/c1-9(10-3-2-6-19-8-10)21-13(7-16)20-12-5-4-11(17)14(18)15(12)21/h2-6,8-9H,7H2,1H3. The van der Waals surface area contributed by atoms with E-state index in [2.05, 4.69) is 9.97 Å². The van der Waals surface area contributed by atoms with Gasteiger partial charge in [-0.25, -0.2) is 13.8 Å². The maximum absolute atomic E-state index is 14.2. The Balaban J connectivity index is 2.27. The molecule has 0 saturated carbocycles. The zero-order valence-electron chi connectivity index (χ0n) is 11.2. The summed E-state index contributed by atoms with van der Waals surface area (Å²) in [4.78, 5) is 8.34. The maximum Gasteiger partial charge on any atom is 0.184 e. The molecule has 21 heavy (non-hydrogen) atoms. The van der Waals surface area contributed by atoms with Crippen LogP contribution in [0.1, 0.15) is 24.4 Å². The number of rotatable bonds is 3. The van der Waals surface area contributed by atoms with Gasteiger partial charge in [0.15, 0.2) is 11.6 Å². The zero-order chi connectivity index (χ0) is 15.0. The van der Waals surface area contributed by atoms with Gasteiger partial charge in [0.2, 0.25) is 0 Å². The largest absolute Gasteiger partial charge is 0.317 e. The van der Waals surface area contributed by atoms with E-state index in [1.54, 1.807) is 23.0 Å². The molecule has 2 heterocycles. The van der Waals surface area contributed by atoms with Crippen LogP contribution in [0.4, 0.5) is 8.78 Å². The zero-order valence-corrected chi connectivity index (χ0v) is 12.0. The molecule has 0 fully saturated rings. The average molecular weight is 308 g/mol. The Morgan fingerprint density at radius 2 is 2.10 bits per heavy atom. The predicted molar refractivity (Wildman–Crippen MR) is 77.3 cm³/mol. The molecular formula is C15H12ClF2N3. The summed E-state index contributed by atoms with van der Waals surface area (Å²) in [5, 5.41) is 0. The first kappa shape index (κ1) is 13.9. The maximum atomic E-state index is 14.2. The third-order valence-corrected chi connectivity index (χ3v) is 3.73. The smallest absolute Gasteiger partial charge is 0.184 e. The summed E-state index contributed by atoms with van der Waals surface area (Å²) in [5.41, 5.74) is 1.38. The van der Waals surface area contributed by atoms with Gasteiger partial charge in [0, 0.05) is 12.4 Å². The van der Waals surface area contributed by atoms with Crippen LogP contribution < -0.4 is 0 Å². The van der Waals surface area contributed by atoms with Gasteiger partial charge >= 0.3 is 0 Å². The fourth-order valence-electron chi connectivity index (χ4n) is 2.45. The van der Waals surface area contributed by atoms with Gasteiger partial charge in [0.05, 0.1) is 17.4 Å². The van der Waals surface area contributed by atoms with Crippen LogP contribution in [0.25, 0.3) is 11.0 Å². The lowest BCUT2D eigenvalue weighted by Gasteiger charge is -2.17. The van der Waals surface area contributed by atoms with Crippen molar-refractivity contribution in [2.24, 2.45) is 0 Å². The lowest BCUT2D eigenvalue weighted by molar-refractivity contribution is 0.507. The molecule has 1 unspecified atom stereocenters. The van der Waals surface area contributed by atoms with Crippen molar-refractivity contribution in [3.63, 3.8) is 0 Å². The van der Waals surface area contributed by atoms with Gasteiger partial charge in [-0.2, -0.15) is 0 Å². The summed E-state index contributed by atoms with van der Waals surface area (Å²) in [6.45, 7) is 1.87. The van der Waals surface area contributed by atoms with E-state index in [0.717, 1.165) is 11.6 Å². The summed E-state index contributed by atoms with van der Waals surface area (Å²) >= 11 is 5.91. The molecule has 108 valence electrons. The summed E-state index contributed by atoms with van der Waals surface area (Å²) in [7, 11) is 0. The second-order valence-electron chi connectivity index (χ2n) is 4.72. The van der Waals surface area contributed by atoms with Crippen molar-refractivity contribution in [2.45, 2.75) is 18.8 Å². The Bertz CT molecular complexity index is 786. The Morgan fingerprint density at radius 3 is 2.76 bits per heavy atom. The van der Waals surface area contributed by atoms with Crippen LogP contribution in [0.3, 0.4) is 0 Å². The van der Waals surface area contributed by atoms with E-state index < -0.39 is 11.6 Å². The van der Waals surface area contributed by atoms with Gasteiger partial charge < -0.3 is 4.57 Å². The first-order valence-corrected chi connectivity index (χ1v) is 6.97. The van der Waals surface area contributed by atoms with Crippen LogP contribution in [0.2, 0.25) is 0 Å². The Labute approximate surface area is 125 Å². The molecule has 3 aromatic rings. The van der Waals surface area contributed by atoms with Crippen molar-refractivity contribution in [3.05, 3.63) is 59.7 Å². The Kier molecular flexibility index (Phi) is 3.59. The third kappa shape index (κ3) is 2.27. The molecule has 1 aromatic carbocycles. The molecule has 0 spiro atoms. The van der Waals surface area contributed by atoms with E-state index in [4.69, 9.17) is 11.6 Å². The van der Waals surface area contributed by atoms with E-state index in [9.17, 15) is 8.78 Å². The number of aromatic nitrogens is 3. The van der Waals surface area contributed by atoms with E-state index in [-0.39, 0.29) is 17.4 Å². The number of fused-ring (bicyclic) bond motifs is 1. The second-order valence-corrected chi connectivity index (χ2v) is 4.99. The fraction of sp³-hybridized carbons (Fsp3) is 0.200. The Morgan fingerprint density at radius 1 is 1.29 bits per heavy atom. The van der Waals surface area contributed by atoms with Crippen molar-refractivity contribution in [1.29, 1.82) is 0 Å². The summed E-state index contributed by atoms with van der Waals surface area (Å²) in [5.74, 6) is -1.21. The number of benzene rings is 1. The number of alkyl halides is 1. The molecular weight excluding hydrogens is 296 g/mol. The first-order valence-electron chi connectivity index (χ1n) is 6.44. The van der Waals surface area contributed by atoms with Gasteiger partial charge in [0.1, 0.15) is 11.3 Å². The van der Waals surface area contributed by atoms with Crippen LogP contribution in [-0.2, 0) is 5.88 Å². The van der Waals surface area contributed by atoms with E-state index in [1.807, 2.05) is 13.0 Å². The van der Waals surface area contributed by atoms with Gasteiger partial charge in [-0.15, -0.1) is 11.6 Å². The average Bonchev–Trinajstić information content (AvgIpc) is 2.90. The van der Waals surface area contributed by atoms with Crippen LogP contribution in [0.15, 0.2) is 36.7 Å². The number of nitrogens with zero attached hydrogens (tertiary/aromatic N) is 3. The molecule has 0 saturated heterocycles. The van der Waals surface area contributed by atoms with Gasteiger partial charge in [-0.05, 0) is 30.7 Å². The first-order chi connectivity index (χ1) is 10.1. The highest BCUT2D eigenvalue weighted by molar-refractivity contribution is 6.16. The summed E-state index contributed by atoms with van der Waals surface area (Å²) in [6, 6.07) is 5.94. The Hall–Kier alpha value is -2.01. The van der Waals surface area contributed by atoms with Crippen LogP contribution in [-0.4, -0.2) is 14.5 Å². The van der Waals surface area contributed by atoms with E-state index in [0.29, 0.717) is 11.3 Å². The quantitative estimate of drug-likeness (QED) is 0.683. The van der Waals surface area contributed by atoms with Crippen molar-refractivity contribution >= 4 is 22.6 Å². The van der Waals surface area contributed by atoms with E-state index in [1.165, 1.54) is 6.07 Å². The highest BCUT2D eigenvalue weighted by atomic mass is 35.5. The van der Waals surface area contributed by atoms with Gasteiger partial charge in [-0.1, -0.05) is 6.07 Å². The lowest BCUT2D eigenvalue weighted by Crippen LogP contribution is -2.11. The molecule has 0 amide bonds. The number of halogens is 3. The molecule has 3 nitrogen and oxygen atoms in total. The van der Waals surface area contributed by atoms with Crippen molar-refractivity contribution in [2.75, 3.05) is 0 Å². The molecule has 1 atom stereocenters. The highest BCUT2D eigenvalue weighted by Crippen LogP contribution is 2.29. The number of hydrogen-bond acceptors (Lipinski definition) is 2. The van der Waals surface area contributed by atoms with Crippen molar-refractivity contribution < 1.29 is 8.78 Å². The SMILES string of the molecule is CC(c1cccnc1)n1c(CCl)nc2ccc(F)c(F)c21. The molecule has 0 aliphatic carbocycles. The van der Waals surface area contributed by atoms with Crippen molar-refractivity contribution in [3.8, 4) is 0 Å². The second kappa shape index (κ2) is 5.41. The molecule has 0 bridgehead atoms. The molecule has 0 N–H and O–H groups in total. The monoisotopic (exact) mass is 307 g/mol. The fourth-order valence-corrected chi connectivity index (χ4v) is 2.64. The van der Waals surface area contributed by atoms with Crippen LogP contribution in [0, 0.1) is 11.6 Å². The minimum absolute atomic E-state index is 0.111. The molecule has 0 aliphatic rings. The van der Waals surface area contributed by atoms with E-state index >= 15 is 0 Å². The van der Waals surface area contributed by atoms with Crippen LogP contribution in [0.5, 0.6) is 0 Å². The van der Waals surface area contributed by atoms with Crippen LogP contribution >= 0.6 is 11.6 Å². The van der Waals surface area contributed by atoms with Gasteiger partial charge in [-0.3, -0.25) is 4.98 Å². The number of imidazole rings is 1. The molecule has 6 heteroatoms. The minimum Gasteiger partial charge on any atom is -0.317 e.